The Morgan fingerprint density at radius 2 is 1.94 bits per heavy atom. The summed E-state index contributed by atoms with van der Waals surface area (Å²) in [6.45, 7) is 0.489. The number of aromatic amines is 1. The van der Waals surface area contributed by atoms with Gasteiger partial charge in [0.2, 0.25) is 0 Å². The Kier molecular flexibility index (Phi) is 4.72. The molecule has 2 aromatic carbocycles. The van der Waals surface area contributed by atoms with Crippen LogP contribution in [0.4, 0.5) is 0 Å². The molecule has 0 spiro atoms. The largest absolute Gasteiger partial charge is 0.346 e. The van der Waals surface area contributed by atoms with Crippen molar-refractivity contribution < 1.29 is 4.79 Å². The first-order valence-electron chi connectivity index (χ1n) is 9.78. The zero-order valence-corrected chi connectivity index (χ0v) is 16.4. The molecule has 2 N–H and O–H groups in total. The van der Waals surface area contributed by atoms with Crippen molar-refractivity contribution in [2.75, 3.05) is 0 Å². The Morgan fingerprint density at radius 1 is 1.06 bits per heavy atom. The van der Waals surface area contributed by atoms with Crippen LogP contribution in [0.5, 0.6) is 0 Å². The number of amides is 1. The number of hydrogen-bond donors (Lipinski definition) is 2. The van der Waals surface area contributed by atoms with E-state index in [9.17, 15) is 9.59 Å². The van der Waals surface area contributed by atoms with Gasteiger partial charge in [-0.3, -0.25) is 14.6 Å². The quantitative estimate of drug-likeness (QED) is 0.463. The van der Waals surface area contributed by atoms with Crippen molar-refractivity contribution in [3.63, 3.8) is 0 Å². The average Bonchev–Trinajstić information content (AvgIpc) is 3.28. The van der Waals surface area contributed by atoms with E-state index in [1.807, 2.05) is 30.3 Å². The normalized spacial score (nSPS) is 11.1. The number of benzene rings is 2. The number of fused-ring (bicyclic) bond motifs is 2. The number of nitrogens with zero attached hydrogens (tertiary/aromatic N) is 4. The molecule has 0 unspecified atom stereocenters. The number of H-pyrrole nitrogens is 1. The van der Waals surface area contributed by atoms with Gasteiger partial charge in [-0.05, 0) is 35.9 Å². The van der Waals surface area contributed by atoms with E-state index in [0.717, 1.165) is 22.0 Å². The van der Waals surface area contributed by atoms with Gasteiger partial charge in [-0.2, -0.15) is 5.10 Å². The molecule has 3 aromatic heterocycles. The van der Waals surface area contributed by atoms with E-state index in [1.54, 1.807) is 43.0 Å². The molecule has 0 aliphatic heterocycles. The van der Waals surface area contributed by atoms with Gasteiger partial charge in [-0.15, -0.1) is 0 Å². The molecule has 0 aliphatic rings. The number of hydrogen-bond acceptors (Lipinski definition) is 5. The molecule has 0 aliphatic carbocycles. The van der Waals surface area contributed by atoms with Gasteiger partial charge in [0.25, 0.3) is 11.5 Å². The lowest BCUT2D eigenvalue weighted by Gasteiger charge is -2.12. The van der Waals surface area contributed by atoms with Gasteiger partial charge in [0, 0.05) is 23.3 Å². The van der Waals surface area contributed by atoms with E-state index < -0.39 is 0 Å². The molecule has 0 atom stereocenters. The molecule has 0 saturated heterocycles. The highest BCUT2D eigenvalue weighted by atomic mass is 16.1. The van der Waals surface area contributed by atoms with E-state index in [4.69, 9.17) is 0 Å². The molecule has 152 valence electrons. The van der Waals surface area contributed by atoms with Crippen LogP contribution in [0.2, 0.25) is 0 Å². The second kappa shape index (κ2) is 7.83. The molecular weight excluding hydrogens is 392 g/mol. The second-order valence-electron chi connectivity index (χ2n) is 7.13. The van der Waals surface area contributed by atoms with Crippen molar-refractivity contribution in [2.45, 2.75) is 13.1 Å². The summed E-state index contributed by atoms with van der Waals surface area (Å²) in [6.07, 6.45) is 4.98. The van der Waals surface area contributed by atoms with Crippen molar-refractivity contribution in [3.8, 4) is 0 Å². The van der Waals surface area contributed by atoms with Crippen LogP contribution < -0.4 is 10.9 Å². The zero-order chi connectivity index (χ0) is 21.2. The Hall–Kier alpha value is -4.33. The Bertz CT molecular complexity index is 1460. The summed E-state index contributed by atoms with van der Waals surface area (Å²) < 4.78 is 1.41. The third-order valence-electron chi connectivity index (χ3n) is 5.10. The maximum Gasteiger partial charge on any atom is 0.274 e. The number of carbonyl (C=O) groups is 1. The first-order valence-corrected chi connectivity index (χ1v) is 9.78. The van der Waals surface area contributed by atoms with Crippen molar-refractivity contribution in [1.29, 1.82) is 0 Å². The molecular formula is C23H18N6O2. The number of aromatic nitrogens is 5. The lowest BCUT2D eigenvalue weighted by Crippen LogP contribution is -2.29. The summed E-state index contributed by atoms with van der Waals surface area (Å²) in [5.41, 5.74) is 3.42. The monoisotopic (exact) mass is 410 g/mol. The van der Waals surface area contributed by atoms with Crippen LogP contribution >= 0.6 is 0 Å². The zero-order valence-electron chi connectivity index (χ0n) is 16.4. The Labute approximate surface area is 176 Å². The summed E-state index contributed by atoms with van der Waals surface area (Å²) in [4.78, 5) is 36.9. The van der Waals surface area contributed by atoms with Gasteiger partial charge in [-0.25, -0.2) is 9.67 Å². The van der Waals surface area contributed by atoms with Crippen molar-refractivity contribution >= 4 is 27.7 Å². The predicted octanol–water partition coefficient (Wildman–Crippen LogP) is 2.65. The summed E-state index contributed by atoms with van der Waals surface area (Å²) in [6, 6.07) is 16.3. The van der Waals surface area contributed by atoms with Crippen LogP contribution in [0.25, 0.3) is 21.8 Å². The Balaban J connectivity index is 1.46. The molecule has 0 fully saturated rings. The van der Waals surface area contributed by atoms with E-state index in [2.05, 4.69) is 25.4 Å². The first kappa shape index (κ1) is 18.7. The first-order chi connectivity index (χ1) is 15.2. The molecule has 0 saturated carbocycles. The van der Waals surface area contributed by atoms with E-state index in [1.165, 1.54) is 4.68 Å². The van der Waals surface area contributed by atoms with Gasteiger partial charge in [-0.1, -0.05) is 24.3 Å². The van der Waals surface area contributed by atoms with Crippen LogP contribution in [0, 0.1) is 0 Å². The smallest absolute Gasteiger partial charge is 0.274 e. The Morgan fingerprint density at radius 3 is 2.77 bits per heavy atom. The fourth-order valence-electron chi connectivity index (χ4n) is 3.55. The maximum atomic E-state index is 12.9. The van der Waals surface area contributed by atoms with Gasteiger partial charge < -0.3 is 10.3 Å². The van der Waals surface area contributed by atoms with E-state index in [-0.39, 0.29) is 18.0 Å². The SMILES string of the molecule is O=C(NCc1nn(Cc2cccnc2)c(=O)c2ccccc12)c1ccc2nc[nH]c2c1. The van der Waals surface area contributed by atoms with E-state index in [0.29, 0.717) is 23.2 Å². The highest BCUT2D eigenvalue weighted by Crippen LogP contribution is 2.15. The van der Waals surface area contributed by atoms with Crippen LogP contribution in [0.3, 0.4) is 0 Å². The van der Waals surface area contributed by atoms with Crippen molar-refractivity contribution in [2.24, 2.45) is 0 Å². The van der Waals surface area contributed by atoms with E-state index >= 15 is 0 Å². The van der Waals surface area contributed by atoms with Crippen molar-refractivity contribution in [1.82, 2.24) is 30.0 Å². The molecule has 1 amide bonds. The van der Waals surface area contributed by atoms with Gasteiger partial charge in [0.15, 0.2) is 0 Å². The van der Waals surface area contributed by atoms with Crippen LogP contribution in [-0.2, 0) is 13.1 Å². The highest BCUT2D eigenvalue weighted by Gasteiger charge is 2.13. The minimum absolute atomic E-state index is 0.181. The minimum Gasteiger partial charge on any atom is -0.346 e. The van der Waals surface area contributed by atoms with Gasteiger partial charge in [0.1, 0.15) is 0 Å². The number of imidazole rings is 1. The van der Waals surface area contributed by atoms with Crippen LogP contribution in [0.15, 0.2) is 78.1 Å². The summed E-state index contributed by atoms with van der Waals surface area (Å²) in [5.74, 6) is -0.229. The van der Waals surface area contributed by atoms with Crippen LogP contribution in [0.1, 0.15) is 21.6 Å². The second-order valence-corrected chi connectivity index (χ2v) is 7.13. The lowest BCUT2D eigenvalue weighted by molar-refractivity contribution is 0.0950. The third kappa shape index (κ3) is 3.66. The fourth-order valence-corrected chi connectivity index (χ4v) is 3.55. The lowest BCUT2D eigenvalue weighted by atomic mass is 10.1. The van der Waals surface area contributed by atoms with Crippen LogP contribution in [-0.4, -0.2) is 30.6 Å². The van der Waals surface area contributed by atoms with Gasteiger partial charge in [0.05, 0.1) is 41.5 Å². The summed E-state index contributed by atoms with van der Waals surface area (Å²) >= 11 is 0. The number of carbonyl (C=O) groups excluding carboxylic acids is 1. The molecule has 0 bridgehead atoms. The molecule has 8 heteroatoms. The average molecular weight is 410 g/mol. The molecule has 31 heavy (non-hydrogen) atoms. The third-order valence-corrected chi connectivity index (χ3v) is 5.10. The van der Waals surface area contributed by atoms with Crippen molar-refractivity contribution in [3.05, 3.63) is 100 Å². The molecule has 5 rings (SSSR count). The molecule has 5 aromatic rings. The molecule has 8 nitrogen and oxygen atoms in total. The minimum atomic E-state index is -0.229. The summed E-state index contributed by atoms with van der Waals surface area (Å²) in [7, 11) is 0. The fraction of sp³-hybridized carbons (Fsp3) is 0.0870. The summed E-state index contributed by atoms with van der Waals surface area (Å²) in [5, 5.41) is 8.74. The highest BCUT2D eigenvalue weighted by molar-refractivity contribution is 5.97. The number of nitrogens with one attached hydrogen (secondary N) is 2. The number of pyridine rings is 1. The maximum absolute atomic E-state index is 12.9. The molecule has 0 radical (unpaired) electrons. The predicted molar refractivity (Wildman–Crippen MR) is 117 cm³/mol. The molecule has 3 heterocycles. The standard InChI is InChI=1S/C23H18N6O2/c30-22(16-7-8-19-20(10-16)27-14-26-19)25-12-21-17-5-1-2-6-18(17)23(31)29(28-21)13-15-4-3-9-24-11-15/h1-11,14H,12-13H2,(H,25,30)(H,26,27). The topological polar surface area (TPSA) is 106 Å². The van der Waals surface area contributed by atoms with Gasteiger partial charge >= 0.3 is 0 Å². The number of rotatable bonds is 5.